The average Bonchev–Trinajstić information content (AvgIpc) is 2.79. The highest BCUT2D eigenvalue weighted by molar-refractivity contribution is 5.79. The summed E-state index contributed by atoms with van der Waals surface area (Å²) in [5.41, 5.74) is 5.13. The van der Waals surface area contributed by atoms with Gasteiger partial charge < -0.3 is 20.6 Å². The average molecular weight is 283 g/mol. The fraction of sp³-hybridized carbons (Fsp3) is 0.933. The van der Waals surface area contributed by atoms with E-state index < -0.39 is 11.5 Å². The van der Waals surface area contributed by atoms with Crippen molar-refractivity contribution in [3.8, 4) is 0 Å². The van der Waals surface area contributed by atoms with Crippen molar-refractivity contribution in [2.45, 2.75) is 50.1 Å². The molecule has 2 fully saturated rings. The van der Waals surface area contributed by atoms with Crippen molar-refractivity contribution >= 4 is 5.97 Å². The number of carbonyl (C=O) groups is 1. The zero-order chi connectivity index (χ0) is 14.8. The molecule has 2 unspecified atom stereocenters. The van der Waals surface area contributed by atoms with Crippen LogP contribution in [0.25, 0.3) is 0 Å². The number of rotatable bonds is 5. The van der Waals surface area contributed by atoms with E-state index in [4.69, 9.17) is 5.73 Å². The first-order valence-electron chi connectivity index (χ1n) is 7.84. The van der Waals surface area contributed by atoms with Gasteiger partial charge in [-0.05, 0) is 71.8 Å². The molecule has 2 aliphatic rings. The molecule has 0 radical (unpaired) electrons. The van der Waals surface area contributed by atoms with Gasteiger partial charge in [-0.3, -0.25) is 4.79 Å². The number of likely N-dealkylation sites (tertiary alicyclic amines) is 1. The van der Waals surface area contributed by atoms with Gasteiger partial charge in [0.15, 0.2) is 0 Å². The second-order valence-electron chi connectivity index (χ2n) is 6.74. The highest BCUT2D eigenvalue weighted by Crippen LogP contribution is 2.36. The Kier molecular flexibility index (Phi) is 5.04. The van der Waals surface area contributed by atoms with Gasteiger partial charge >= 0.3 is 5.97 Å². The Labute approximate surface area is 122 Å². The van der Waals surface area contributed by atoms with E-state index in [0.29, 0.717) is 12.5 Å². The molecule has 116 valence electrons. The highest BCUT2D eigenvalue weighted by Gasteiger charge is 2.45. The quantitative estimate of drug-likeness (QED) is 0.787. The predicted molar refractivity (Wildman–Crippen MR) is 79.7 cm³/mol. The summed E-state index contributed by atoms with van der Waals surface area (Å²) in [6.45, 7) is 3.29. The summed E-state index contributed by atoms with van der Waals surface area (Å²) in [5.74, 6) is -0.685. The maximum Gasteiger partial charge on any atom is 0.323 e. The molecule has 1 aliphatic heterocycles. The lowest BCUT2D eigenvalue weighted by molar-refractivity contribution is -0.144. The SMILES string of the molecule is CN1CCC(N(C)CCC2CCCC2(N)C(=O)O)CC1. The lowest BCUT2D eigenvalue weighted by atomic mass is 9.85. The Bertz CT molecular complexity index is 342. The van der Waals surface area contributed by atoms with E-state index in [1.807, 2.05) is 0 Å². The van der Waals surface area contributed by atoms with Crippen LogP contribution in [0.3, 0.4) is 0 Å². The largest absolute Gasteiger partial charge is 0.480 e. The van der Waals surface area contributed by atoms with E-state index in [1.54, 1.807) is 0 Å². The van der Waals surface area contributed by atoms with E-state index in [9.17, 15) is 9.90 Å². The second kappa shape index (κ2) is 6.41. The van der Waals surface area contributed by atoms with Crippen LogP contribution in [-0.2, 0) is 4.79 Å². The van der Waals surface area contributed by atoms with E-state index in [2.05, 4.69) is 23.9 Å². The molecule has 0 aromatic heterocycles. The molecule has 2 rings (SSSR count). The van der Waals surface area contributed by atoms with Crippen molar-refractivity contribution in [3.63, 3.8) is 0 Å². The molecule has 20 heavy (non-hydrogen) atoms. The van der Waals surface area contributed by atoms with E-state index in [1.165, 1.54) is 12.8 Å². The Balaban J connectivity index is 1.81. The lowest BCUT2D eigenvalue weighted by Gasteiger charge is -2.36. The predicted octanol–water partition coefficient (Wildman–Crippen LogP) is 0.985. The molecular formula is C15H29N3O2. The maximum absolute atomic E-state index is 11.4. The molecule has 1 heterocycles. The van der Waals surface area contributed by atoms with Gasteiger partial charge in [-0.1, -0.05) is 6.42 Å². The molecule has 3 N–H and O–H groups in total. The van der Waals surface area contributed by atoms with Crippen LogP contribution < -0.4 is 5.73 Å². The van der Waals surface area contributed by atoms with Crippen molar-refractivity contribution in [2.75, 3.05) is 33.7 Å². The van der Waals surface area contributed by atoms with Crippen molar-refractivity contribution in [1.29, 1.82) is 0 Å². The smallest absolute Gasteiger partial charge is 0.323 e. The number of carboxylic acids is 1. The van der Waals surface area contributed by atoms with Crippen LogP contribution in [0.1, 0.15) is 38.5 Å². The van der Waals surface area contributed by atoms with Crippen molar-refractivity contribution < 1.29 is 9.90 Å². The zero-order valence-corrected chi connectivity index (χ0v) is 12.8. The molecule has 0 amide bonds. The zero-order valence-electron chi connectivity index (χ0n) is 12.8. The fourth-order valence-corrected chi connectivity index (χ4v) is 3.76. The minimum absolute atomic E-state index is 0.133. The maximum atomic E-state index is 11.4. The van der Waals surface area contributed by atoms with Crippen LogP contribution in [0.5, 0.6) is 0 Å². The minimum Gasteiger partial charge on any atom is -0.480 e. The lowest BCUT2D eigenvalue weighted by Crippen LogP contribution is -2.52. The molecule has 5 nitrogen and oxygen atoms in total. The van der Waals surface area contributed by atoms with E-state index >= 15 is 0 Å². The Hall–Kier alpha value is -0.650. The molecule has 2 atom stereocenters. The summed E-state index contributed by atoms with van der Waals surface area (Å²) in [6, 6.07) is 0.643. The summed E-state index contributed by atoms with van der Waals surface area (Å²) >= 11 is 0. The molecule has 0 bridgehead atoms. The van der Waals surface area contributed by atoms with Crippen LogP contribution in [0.4, 0.5) is 0 Å². The monoisotopic (exact) mass is 283 g/mol. The number of nitrogens with zero attached hydrogens (tertiary/aromatic N) is 2. The van der Waals surface area contributed by atoms with E-state index in [-0.39, 0.29) is 5.92 Å². The van der Waals surface area contributed by atoms with Gasteiger partial charge in [0.05, 0.1) is 0 Å². The molecule has 1 saturated carbocycles. The molecule has 5 heteroatoms. The Morgan fingerprint density at radius 2 is 2.05 bits per heavy atom. The minimum atomic E-state index is -0.979. The topological polar surface area (TPSA) is 69.8 Å². The molecule has 0 aromatic rings. The molecule has 1 saturated heterocycles. The van der Waals surface area contributed by atoms with Crippen LogP contribution in [0, 0.1) is 5.92 Å². The second-order valence-corrected chi connectivity index (χ2v) is 6.74. The summed E-state index contributed by atoms with van der Waals surface area (Å²) in [6.07, 6.45) is 5.88. The molecule has 1 aliphatic carbocycles. The fourth-order valence-electron chi connectivity index (χ4n) is 3.76. The summed E-state index contributed by atoms with van der Waals surface area (Å²) in [5, 5.41) is 9.34. The number of aliphatic carboxylic acids is 1. The van der Waals surface area contributed by atoms with Gasteiger partial charge in [-0.2, -0.15) is 0 Å². The number of hydrogen-bond donors (Lipinski definition) is 2. The van der Waals surface area contributed by atoms with Crippen molar-refractivity contribution in [3.05, 3.63) is 0 Å². The standard InChI is InChI=1S/C15H29N3O2/c1-17-9-6-13(7-10-17)18(2)11-5-12-4-3-8-15(12,16)14(19)20/h12-13H,3-11,16H2,1-2H3,(H,19,20). The first kappa shape index (κ1) is 15.7. The van der Waals surface area contributed by atoms with Gasteiger partial charge in [-0.15, -0.1) is 0 Å². The van der Waals surface area contributed by atoms with Gasteiger partial charge in [0.25, 0.3) is 0 Å². The Morgan fingerprint density at radius 1 is 1.40 bits per heavy atom. The number of hydrogen-bond acceptors (Lipinski definition) is 4. The molecule has 0 spiro atoms. The van der Waals surface area contributed by atoms with Crippen LogP contribution in [0.15, 0.2) is 0 Å². The summed E-state index contributed by atoms with van der Waals surface area (Å²) < 4.78 is 0. The van der Waals surface area contributed by atoms with Gasteiger partial charge in [0.1, 0.15) is 5.54 Å². The number of carboxylic acid groups (broad SMARTS) is 1. The number of nitrogens with two attached hydrogens (primary N) is 1. The third-order valence-electron chi connectivity index (χ3n) is 5.41. The van der Waals surface area contributed by atoms with Crippen molar-refractivity contribution in [2.24, 2.45) is 11.7 Å². The van der Waals surface area contributed by atoms with Crippen LogP contribution in [0.2, 0.25) is 0 Å². The van der Waals surface area contributed by atoms with Gasteiger partial charge in [0.2, 0.25) is 0 Å². The van der Waals surface area contributed by atoms with Gasteiger partial charge in [-0.25, -0.2) is 0 Å². The third-order valence-corrected chi connectivity index (χ3v) is 5.41. The van der Waals surface area contributed by atoms with Crippen LogP contribution >= 0.6 is 0 Å². The van der Waals surface area contributed by atoms with Gasteiger partial charge in [0, 0.05) is 6.04 Å². The Morgan fingerprint density at radius 3 is 2.65 bits per heavy atom. The van der Waals surface area contributed by atoms with E-state index in [0.717, 1.165) is 38.9 Å². The third kappa shape index (κ3) is 3.32. The first-order chi connectivity index (χ1) is 9.43. The highest BCUT2D eigenvalue weighted by atomic mass is 16.4. The summed E-state index contributed by atoms with van der Waals surface area (Å²) in [7, 11) is 4.34. The first-order valence-corrected chi connectivity index (χ1v) is 7.84. The summed E-state index contributed by atoms with van der Waals surface area (Å²) in [4.78, 5) is 16.2. The number of piperidine rings is 1. The molecule has 0 aromatic carbocycles. The molecular weight excluding hydrogens is 254 g/mol. The van der Waals surface area contributed by atoms with Crippen molar-refractivity contribution in [1.82, 2.24) is 9.80 Å². The normalized spacial score (nSPS) is 32.9. The van der Waals surface area contributed by atoms with Crippen LogP contribution in [-0.4, -0.2) is 66.2 Å².